The number of carbonyl (C=O) groups is 1. The van der Waals surface area contributed by atoms with Crippen LogP contribution in [0, 0.1) is 5.92 Å². The molecule has 1 fully saturated rings. The third kappa shape index (κ3) is 4.70. The number of aromatic nitrogens is 2. The maximum absolute atomic E-state index is 12.4. The van der Waals surface area contributed by atoms with Gasteiger partial charge in [-0.15, -0.1) is 24.8 Å². The van der Waals surface area contributed by atoms with E-state index in [1.165, 1.54) is 0 Å². The number of piperidine rings is 1. The summed E-state index contributed by atoms with van der Waals surface area (Å²) in [5, 5.41) is 6.46. The molecule has 1 amide bonds. The lowest BCUT2D eigenvalue weighted by atomic mass is 9.94. The van der Waals surface area contributed by atoms with Crippen molar-refractivity contribution in [1.82, 2.24) is 20.2 Å². The molecule has 2 heterocycles. The molecule has 1 aromatic heterocycles. The second kappa shape index (κ2) is 8.91. The normalized spacial score (nSPS) is 20.0. The van der Waals surface area contributed by atoms with Crippen molar-refractivity contribution in [2.45, 2.75) is 19.4 Å². The molecule has 7 heteroatoms. The quantitative estimate of drug-likeness (QED) is 0.887. The number of carbonyl (C=O) groups excluding carboxylic acids is 1. The molecule has 1 saturated heterocycles. The lowest BCUT2D eigenvalue weighted by Crippen LogP contribution is -2.50. The van der Waals surface area contributed by atoms with Crippen LogP contribution in [0.15, 0.2) is 43.0 Å². The zero-order chi connectivity index (χ0) is 14.7. The molecular weight excluding hydrogens is 335 g/mol. The average molecular weight is 357 g/mol. The molecular formula is C16H22Cl2N4O. The Hall–Kier alpha value is -1.56. The van der Waals surface area contributed by atoms with Crippen molar-refractivity contribution < 1.29 is 4.79 Å². The molecule has 2 aromatic rings. The predicted octanol–water partition coefficient (Wildman–Crippen LogP) is 2.44. The highest BCUT2D eigenvalue weighted by atomic mass is 35.5. The van der Waals surface area contributed by atoms with E-state index in [0.717, 1.165) is 25.2 Å². The number of nitrogens with one attached hydrogen (secondary N) is 2. The average Bonchev–Trinajstić information content (AvgIpc) is 3.04. The van der Waals surface area contributed by atoms with Crippen molar-refractivity contribution in [3.63, 3.8) is 0 Å². The Morgan fingerprint density at radius 3 is 2.91 bits per heavy atom. The summed E-state index contributed by atoms with van der Waals surface area (Å²) in [5.41, 5.74) is 1.62. The van der Waals surface area contributed by atoms with Gasteiger partial charge in [-0.2, -0.15) is 0 Å². The summed E-state index contributed by atoms with van der Waals surface area (Å²) < 4.78 is 1.89. The maximum Gasteiger partial charge on any atom is 0.251 e. The molecule has 0 spiro atoms. The maximum atomic E-state index is 12.4. The van der Waals surface area contributed by atoms with E-state index in [0.29, 0.717) is 11.5 Å². The molecule has 0 saturated carbocycles. The summed E-state index contributed by atoms with van der Waals surface area (Å²) in [5.74, 6) is 0.490. The summed E-state index contributed by atoms with van der Waals surface area (Å²) >= 11 is 0. The number of hydrogen-bond acceptors (Lipinski definition) is 3. The van der Waals surface area contributed by atoms with Gasteiger partial charge in [0.15, 0.2) is 0 Å². The summed E-state index contributed by atoms with van der Waals surface area (Å²) in [7, 11) is 0. The third-order valence-corrected chi connectivity index (χ3v) is 4.05. The number of benzene rings is 1. The first-order valence-corrected chi connectivity index (χ1v) is 7.34. The lowest BCUT2D eigenvalue weighted by Gasteiger charge is -2.30. The first kappa shape index (κ1) is 19.5. The fourth-order valence-corrected chi connectivity index (χ4v) is 2.65. The fourth-order valence-electron chi connectivity index (χ4n) is 2.65. The van der Waals surface area contributed by atoms with Crippen LogP contribution in [0.3, 0.4) is 0 Å². The van der Waals surface area contributed by atoms with E-state index >= 15 is 0 Å². The van der Waals surface area contributed by atoms with Gasteiger partial charge in [-0.1, -0.05) is 13.0 Å². The number of hydrogen-bond donors (Lipinski definition) is 2. The Morgan fingerprint density at radius 1 is 1.39 bits per heavy atom. The van der Waals surface area contributed by atoms with Gasteiger partial charge in [0.1, 0.15) is 0 Å². The summed E-state index contributed by atoms with van der Waals surface area (Å²) in [6.45, 7) is 4.06. The Balaban J connectivity index is 0.00000132. The fraction of sp³-hybridized carbons (Fsp3) is 0.375. The molecule has 126 valence electrons. The number of rotatable bonds is 3. The monoisotopic (exact) mass is 356 g/mol. The van der Waals surface area contributed by atoms with Gasteiger partial charge in [0, 0.05) is 36.2 Å². The number of imidazole rings is 1. The van der Waals surface area contributed by atoms with E-state index in [1.807, 2.05) is 35.0 Å². The van der Waals surface area contributed by atoms with Gasteiger partial charge in [-0.05, 0) is 37.1 Å². The highest BCUT2D eigenvalue weighted by molar-refractivity contribution is 5.95. The van der Waals surface area contributed by atoms with Crippen molar-refractivity contribution in [2.24, 2.45) is 5.92 Å². The number of amides is 1. The van der Waals surface area contributed by atoms with Crippen LogP contribution in [-0.2, 0) is 0 Å². The molecule has 0 bridgehead atoms. The Bertz CT molecular complexity index is 618. The Kier molecular flexibility index (Phi) is 7.55. The zero-order valence-corrected chi connectivity index (χ0v) is 14.6. The van der Waals surface area contributed by atoms with Gasteiger partial charge in [-0.25, -0.2) is 4.98 Å². The van der Waals surface area contributed by atoms with E-state index in [1.54, 1.807) is 12.5 Å². The Morgan fingerprint density at radius 2 is 2.22 bits per heavy atom. The number of halogens is 2. The molecule has 1 aliphatic rings. The highest BCUT2D eigenvalue weighted by Crippen LogP contribution is 2.14. The first-order valence-electron chi connectivity index (χ1n) is 7.34. The predicted molar refractivity (Wildman–Crippen MR) is 96.0 cm³/mol. The lowest BCUT2D eigenvalue weighted by molar-refractivity contribution is 0.0915. The van der Waals surface area contributed by atoms with Gasteiger partial charge in [0.25, 0.3) is 5.91 Å². The second-order valence-electron chi connectivity index (χ2n) is 5.57. The van der Waals surface area contributed by atoms with Crippen molar-refractivity contribution >= 4 is 30.7 Å². The van der Waals surface area contributed by atoms with Crippen LogP contribution in [0.2, 0.25) is 0 Å². The SMILES string of the molecule is CC1CCNCC1NC(=O)c1cccc(-n2ccnc2)c1.Cl.Cl. The van der Waals surface area contributed by atoms with E-state index in [-0.39, 0.29) is 36.8 Å². The van der Waals surface area contributed by atoms with Crippen LogP contribution in [0.5, 0.6) is 0 Å². The topological polar surface area (TPSA) is 58.9 Å². The molecule has 5 nitrogen and oxygen atoms in total. The molecule has 2 N–H and O–H groups in total. The van der Waals surface area contributed by atoms with Crippen LogP contribution in [-0.4, -0.2) is 34.6 Å². The minimum atomic E-state index is -0.0162. The van der Waals surface area contributed by atoms with Gasteiger partial charge < -0.3 is 15.2 Å². The van der Waals surface area contributed by atoms with Crippen molar-refractivity contribution in [2.75, 3.05) is 13.1 Å². The van der Waals surface area contributed by atoms with E-state index in [9.17, 15) is 4.79 Å². The first-order chi connectivity index (χ1) is 10.2. The smallest absolute Gasteiger partial charge is 0.251 e. The van der Waals surface area contributed by atoms with E-state index in [2.05, 4.69) is 22.5 Å². The van der Waals surface area contributed by atoms with Crippen molar-refractivity contribution in [3.8, 4) is 5.69 Å². The van der Waals surface area contributed by atoms with Crippen LogP contribution < -0.4 is 10.6 Å². The third-order valence-electron chi connectivity index (χ3n) is 4.05. The van der Waals surface area contributed by atoms with Gasteiger partial charge in [0.05, 0.1) is 6.33 Å². The standard InChI is InChI=1S/C16H20N4O.2ClH/c1-12-5-6-17-10-15(12)19-16(21)13-3-2-4-14(9-13)20-8-7-18-11-20;;/h2-4,7-9,11-12,15,17H,5-6,10H2,1H3,(H,19,21);2*1H. The van der Waals surface area contributed by atoms with Gasteiger partial charge in [-0.3, -0.25) is 4.79 Å². The van der Waals surface area contributed by atoms with Crippen LogP contribution in [0.25, 0.3) is 5.69 Å². The molecule has 3 rings (SSSR count). The molecule has 0 aliphatic carbocycles. The summed E-state index contributed by atoms with van der Waals surface area (Å²) in [6.07, 6.45) is 6.41. The zero-order valence-electron chi connectivity index (χ0n) is 12.9. The van der Waals surface area contributed by atoms with Crippen LogP contribution in [0.4, 0.5) is 0 Å². The second-order valence-corrected chi connectivity index (χ2v) is 5.57. The molecule has 0 radical (unpaired) electrons. The molecule has 1 aromatic carbocycles. The number of nitrogens with zero attached hydrogens (tertiary/aromatic N) is 2. The molecule has 1 aliphatic heterocycles. The highest BCUT2D eigenvalue weighted by Gasteiger charge is 2.23. The van der Waals surface area contributed by atoms with E-state index < -0.39 is 0 Å². The minimum Gasteiger partial charge on any atom is -0.348 e. The molecule has 23 heavy (non-hydrogen) atoms. The summed E-state index contributed by atoms with van der Waals surface area (Å²) in [6, 6.07) is 7.79. The van der Waals surface area contributed by atoms with Crippen LogP contribution >= 0.6 is 24.8 Å². The van der Waals surface area contributed by atoms with Gasteiger partial charge in [0.2, 0.25) is 0 Å². The molecule has 2 atom stereocenters. The minimum absolute atomic E-state index is 0. The summed E-state index contributed by atoms with van der Waals surface area (Å²) in [4.78, 5) is 16.4. The van der Waals surface area contributed by atoms with Crippen molar-refractivity contribution in [1.29, 1.82) is 0 Å². The van der Waals surface area contributed by atoms with Gasteiger partial charge >= 0.3 is 0 Å². The van der Waals surface area contributed by atoms with Crippen LogP contribution in [0.1, 0.15) is 23.7 Å². The van der Waals surface area contributed by atoms with E-state index in [4.69, 9.17) is 0 Å². The van der Waals surface area contributed by atoms with Crippen molar-refractivity contribution in [3.05, 3.63) is 48.5 Å². The Labute approximate surface area is 148 Å². The molecule has 2 unspecified atom stereocenters. The largest absolute Gasteiger partial charge is 0.348 e.